The van der Waals surface area contributed by atoms with Crippen LogP contribution < -0.4 is 4.90 Å². The Balaban J connectivity index is 1.92. The van der Waals surface area contributed by atoms with Gasteiger partial charge in [0.05, 0.1) is 11.1 Å². The Morgan fingerprint density at radius 3 is 2.23 bits per heavy atom. The second-order valence-corrected chi connectivity index (χ2v) is 6.99. The van der Waals surface area contributed by atoms with Crippen LogP contribution in [0, 0.1) is 18.3 Å². The van der Waals surface area contributed by atoms with Crippen molar-refractivity contribution < 1.29 is 4.79 Å². The van der Waals surface area contributed by atoms with Crippen molar-refractivity contribution in [3.05, 3.63) is 89.5 Å². The summed E-state index contributed by atoms with van der Waals surface area (Å²) < 4.78 is 0. The second kappa shape index (κ2) is 7.90. The number of hydrogen-bond donors (Lipinski definition) is 0. The van der Waals surface area contributed by atoms with Crippen molar-refractivity contribution in [3.8, 4) is 6.07 Å². The van der Waals surface area contributed by atoms with Crippen LogP contribution in [-0.2, 0) is 0 Å². The van der Waals surface area contributed by atoms with E-state index in [4.69, 9.17) is 0 Å². The molecule has 0 bridgehead atoms. The monoisotopic (exact) mass is 358 g/mol. The lowest BCUT2D eigenvalue weighted by Crippen LogP contribution is -2.26. The highest BCUT2D eigenvalue weighted by Crippen LogP contribution is 2.33. The van der Waals surface area contributed by atoms with Gasteiger partial charge in [0.15, 0.2) is 0 Å². The van der Waals surface area contributed by atoms with E-state index >= 15 is 0 Å². The summed E-state index contributed by atoms with van der Waals surface area (Å²) in [6, 6.07) is 25.0. The fraction of sp³-hybridized carbons (Fsp3) is 0.0909. The van der Waals surface area contributed by atoms with Gasteiger partial charge in [0.25, 0.3) is 5.91 Å². The zero-order valence-electron chi connectivity index (χ0n) is 14.6. The van der Waals surface area contributed by atoms with Gasteiger partial charge in [-0.25, -0.2) is 0 Å². The maximum atomic E-state index is 13.0. The Labute approximate surface area is 157 Å². The lowest BCUT2D eigenvalue weighted by molar-refractivity contribution is 0.0990. The number of benzene rings is 3. The molecule has 26 heavy (non-hydrogen) atoms. The largest absolute Gasteiger partial charge is 0.311 e. The molecule has 0 aliphatic heterocycles. The van der Waals surface area contributed by atoms with Crippen molar-refractivity contribution in [3.63, 3.8) is 0 Å². The average Bonchev–Trinajstić information content (AvgIpc) is 2.68. The second-order valence-electron chi connectivity index (χ2n) is 5.91. The predicted molar refractivity (Wildman–Crippen MR) is 106 cm³/mol. The standard InChI is InChI=1S/C22H18N2OS/c1-16-11-13-18(14-12-16)24(2)22(25)19-8-4-6-10-21(19)26-20-9-5-3-7-17(20)15-23/h3-14H,1-2H3. The van der Waals surface area contributed by atoms with Crippen LogP contribution in [0.4, 0.5) is 5.69 Å². The summed E-state index contributed by atoms with van der Waals surface area (Å²) >= 11 is 1.44. The fourth-order valence-electron chi connectivity index (χ4n) is 2.57. The first-order valence-electron chi connectivity index (χ1n) is 8.21. The number of aryl methyl sites for hydroxylation is 1. The molecular formula is C22H18N2OS. The highest BCUT2D eigenvalue weighted by molar-refractivity contribution is 7.99. The molecule has 0 radical (unpaired) electrons. The van der Waals surface area contributed by atoms with E-state index in [0.29, 0.717) is 11.1 Å². The maximum Gasteiger partial charge on any atom is 0.259 e. The van der Waals surface area contributed by atoms with Gasteiger partial charge >= 0.3 is 0 Å². The molecule has 0 fully saturated rings. The van der Waals surface area contributed by atoms with E-state index in [2.05, 4.69) is 6.07 Å². The smallest absolute Gasteiger partial charge is 0.259 e. The Hall–Kier alpha value is -3.03. The van der Waals surface area contributed by atoms with Gasteiger partial charge in [0.1, 0.15) is 6.07 Å². The Morgan fingerprint density at radius 1 is 0.923 bits per heavy atom. The van der Waals surface area contributed by atoms with Crippen LogP contribution in [0.25, 0.3) is 0 Å². The first kappa shape index (κ1) is 17.8. The van der Waals surface area contributed by atoms with E-state index in [-0.39, 0.29) is 5.91 Å². The molecule has 4 heteroatoms. The van der Waals surface area contributed by atoms with Crippen LogP contribution in [0.1, 0.15) is 21.5 Å². The van der Waals surface area contributed by atoms with Crippen LogP contribution in [0.5, 0.6) is 0 Å². The fourth-order valence-corrected chi connectivity index (χ4v) is 3.58. The van der Waals surface area contributed by atoms with E-state index < -0.39 is 0 Å². The number of amides is 1. The van der Waals surface area contributed by atoms with Crippen molar-refractivity contribution in [2.24, 2.45) is 0 Å². The zero-order valence-corrected chi connectivity index (χ0v) is 15.5. The Morgan fingerprint density at radius 2 is 1.54 bits per heavy atom. The van der Waals surface area contributed by atoms with Crippen molar-refractivity contribution in [1.82, 2.24) is 0 Å². The third kappa shape index (κ3) is 3.79. The minimum Gasteiger partial charge on any atom is -0.311 e. The van der Waals surface area contributed by atoms with E-state index in [9.17, 15) is 10.1 Å². The van der Waals surface area contributed by atoms with Crippen molar-refractivity contribution in [1.29, 1.82) is 5.26 Å². The summed E-state index contributed by atoms with van der Waals surface area (Å²) in [6.45, 7) is 2.02. The number of anilines is 1. The third-order valence-corrected chi connectivity index (χ3v) is 5.22. The Bertz CT molecular complexity index is 974. The van der Waals surface area contributed by atoms with Gasteiger partial charge in [-0.05, 0) is 43.3 Å². The molecule has 0 heterocycles. The van der Waals surface area contributed by atoms with Crippen molar-refractivity contribution >= 4 is 23.4 Å². The lowest BCUT2D eigenvalue weighted by atomic mass is 10.1. The maximum absolute atomic E-state index is 13.0. The number of nitriles is 1. The average molecular weight is 358 g/mol. The van der Waals surface area contributed by atoms with Gasteiger partial charge in [-0.3, -0.25) is 4.79 Å². The molecule has 3 rings (SSSR count). The van der Waals surface area contributed by atoms with E-state index in [1.54, 1.807) is 18.0 Å². The molecule has 0 aliphatic rings. The van der Waals surface area contributed by atoms with E-state index in [1.165, 1.54) is 11.8 Å². The molecule has 0 aliphatic carbocycles. The molecule has 1 amide bonds. The number of carbonyl (C=O) groups excluding carboxylic acids is 1. The first-order chi connectivity index (χ1) is 12.6. The molecule has 3 aromatic rings. The van der Waals surface area contributed by atoms with Crippen LogP contribution in [-0.4, -0.2) is 13.0 Å². The predicted octanol–water partition coefficient (Wildman–Crippen LogP) is 5.29. The quantitative estimate of drug-likeness (QED) is 0.636. The summed E-state index contributed by atoms with van der Waals surface area (Å²) in [5.74, 6) is -0.0774. The molecule has 0 atom stereocenters. The molecule has 128 valence electrons. The number of rotatable bonds is 4. The molecule has 0 unspecified atom stereocenters. The molecule has 0 saturated heterocycles. The van der Waals surface area contributed by atoms with Gasteiger partial charge in [-0.15, -0.1) is 0 Å². The number of carbonyl (C=O) groups is 1. The van der Waals surface area contributed by atoms with Crippen LogP contribution in [0.3, 0.4) is 0 Å². The van der Waals surface area contributed by atoms with E-state index in [1.807, 2.05) is 73.7 Å². The molecular weight excluding hydrogens is 340 g/mol. The summed E-state index contributed by atoms with van der Waals surface area (Å²) in [5.41, 5.74) is 3.22. The summed E-state index contributed by atoms with van der Waals surface area (Å²) in [5, 5.41) is 9.30. The molecule has 0 spiro atoms. The lowest BCUT2D eigenvalue weighted by Gasteiger charge is -2.19. The molecule has 3 nitrogen and oxygen atoms in total. The molecule has 3 aromatic carbocycles. The molecule has 0 saturated carbocycles. The Kier molecular flexibility index (Phi) is 5.40. The molecule has 0 N–H and O–H groups in total. The van der Waals surface area contributed by atoms with Crippen LogP contribution in [0.15, 0.2) is 82.6 Å². The highest BCUT2D eigenvalue weighted by atomic mass is 32.2. The van der Waals surface area contributed by atoms with Crippen LogP contribution >= 0.6 is 11.8 Å². The van der Waals surface area contributed by atoms with Crippen molar-refractivity contribution in [2.45, 2.75) is 16.7 Å². The topological polar surface area (TPSA) is 44.1 Å². The van der Waals surface area contributed by atoms with Gasteiger partial charge < -0.3 is 4.90 Å². The summed E-state index contributed by atoms with van der Waals surface area (Å²) in [4.78, 5) is 16.4. The minimum absolute atomic E-state index is 0.0774. The normalized spacial score (nSPS) is 10.2. The number of hydrogen-bond acceptors (Lipinski definition) is 3. The highest BCUT2D eigenvalue weighted by Gasteiger charge is 2.18. The molecule has 0 aromatic heterocycles. The van der Waals surface area contributed by atoms with E-state index in [0.717, 1.165) is 21.0 Å². The first-order valence-corrected chi connectivity index (χ1v) is 9.02. The van der Waals surface area contributed by atoms with Gasteiger partial charge in [0, 0.05) is 22.5 Å². The number of nitrogens with zero attached hydrogens (tertiary/aromatic N) is 2. The van der Waals surface area contributed by atoms with Crippen molar-refractivity contribution in [2.75, 3.05) is 11.9 Å². The summed E-state index contributed by atoms with van der Waals surface area (Å²) in [6.07, 6.45) is 0. The minimum atomic E-state index is -0.0774. The van der Waals surface area contributed by atoms with Crippen LogP contribution in [0.2, 0.25) is 0 Å². The summed E-state index contributed by atoms with van der Waals surface area (Å²) in [7, 11) is 1.78. The SMILES string of the molecule is Cc1ccc(N(C)C(=O)c2ccccc2Sc2ccccc2C#N)cc1. The zero-order chi connectivity index (χ0) is 18.5. The van der Waals surface area contributed by atoms with Gasteiger partial charge in [-0.1, -0.05) is 53.7 Å². The van der Waals surface area contributed by atoms with Gasteiger partial charge in [0.2, 0.25) is 0 Å². The van der Waals surface area contributed by atoms with Gasteiger partial charge in [-0.2, -0.15) is 5.26 Å². The third-order valence-electron chi connectivity index (χ3n) is 4.07.